The maximum Gasteiger partial charge on any atom is 0.287 e. The van der Waals surface area contributed by atoms with Crippen molar-refractivity contribution in [1.29, 1.82) is 0 Å². The third-order valence-electron chi connectivity index (χ3n) is 4.94. The van der Waals surface area contributed by atoms with Crippen LogP contribution in [-0.2, 0) is 15.6 Å². The Morgan fingerprint density at radius 3 is 2.19 bits per heavy atom. The van der Waals surface area contributed by atoms with Crippen molar-refractivity contribution in [2.45, 2.75) is 23.6 Å². The molecule has 0 spiro atoms. The molecule has 3 rings (SSSR count). The fourth-order valence-corrected chi connectivity index (χ4v) is 4.64. The Hall–Kier alpha value is -3.46. The quantitative estimate of drug-likeness (QED) is 0.519. The summed E-state index contributed by atoms with van der Waals surface area (Å²) < 4.78 is 46.8. The SMILES string of the molecule is COc1cc(C(C)NC(=O)c2occc2CS(=O)(=O)c2ccccc2)cc(OC)c1OC. The third kappa shape index (κ3) is 4.88. The summed E-state index contributed by atoms with van der Waals surface area (Å²) in [5.41, 5.74) is 0.987. The van der Waals surface area contributed by atoms with Gasteiger partial charge >= 0.3 is 0 Å². The largest absolute Gasteiger partial charge is 0.493 e. The molecule has 3 aromatic rings. The lowest BCUT2D eigenvalue weighted by atomic mass is 10.1. The van der Waals surface area contributed by atoms with Gasteiger partial charge in [-0.2, -0.15) is 0 Å². The number of carbonyl (C=O) groups excluding carboxylic acids is 1. The second kappa shape index (κ2) is 9.78. The van der Waals surface area contributed by atoms with E-state index in [0.29, 0.717) is 22.8 Å². The van der Waals surface area contributed by atoms with Crippen LogP contribution in [0.1, 0.15) is 34.6 Å². The molecule has 1 atom stereocenters. The number of hydrogen-bond donors (Lipinski definition) is 1. The van der Waals surface area contributed by atoms with Crippen LogP contribution in [0.15, 0.2) is 64.1 Å². The second-order valence-electron chi connectivity index (χ2n) is 7.00. The first-order valence-electron chi connectivity index (χ1n) is 9.75. The van der Waals surface area contributed by atoms with Crippen molar-refractivity contribution in [3.63, 3.8) is 0 Å². The molecule has 0 fully saturated rings. The first-order chi connectivity index (χ1) is 15.3. The van der Waals surface area contributed by atoms with Crippen LogP contribution in [0.3, 0.4) is 0 Å². The van der Waals surface area contributed by atoms with Crippen molar-refractivity contribution in [1.82, 2.24) is 5.32 Å². The van der Waals surface area contributed by atoms with E-state index in [0.717, 1.165) is 0 Å². The van der Waals surface area contributed by atoms with E-state index in [1.807, 2.05) is 0 Å². The Morgan fingerprint density at radius 1 is 1.00 bits per heavy atom. The van der Waals surface area contributed by atoms with E-state index in [1.54, 1.807) is 37.3 Å². The molecule has 1 unspecified atom stereocenters. The Bertz CT molecular complexity index is 1160. The van der Waals surface area contributed by atoms with Crippen LogP contribution in [-0.4, -0.2) is 35.7 Å². The lowest BCUT2D eigenvalue weighted by Crippen LogP contribution is -2.27. The van der Waals surface area contributed by atoms with Gasteiger partial charge in [-0.25, -0.2) is 8.42 Å². The van der Waals surface area contributed by atoms with Gasteiger partial charge in [0.05, 0.1) is 44.3 Å². The number of sulfone groups is 1. The van der Waals surface area contributed by atoms with Gasteiger partial charge in [0.1, 0.15) is 0 Å². The van der Waals surface area contributed by atoms with Gasteiger partial charge in [0.2, 0.25) is 5.75 Å². The van der Waals surface area contributed by atoms with Crippen molar-refractivity contribution >= 4 is 15.7 Å². The average molecular weight is 460 g/mol. The van der Waals surface area contributed by atoms with Crippen LogP contribution in [0.25, 0.3) is 0 Å². The van der Waals surface area contributed by atoms with Crippen LogP contribution in [0, 0.1) is 0 Å². The number of carbonyl (C=O) groups is 1. The molecule has 0 aliphatic rings. The van der Waals surface area contributed by atoms with Gasteiger partial charge < -0.3 is 23.9 Å². The molecule has 8 nitrogen and oxygen atoms in total. The number of methoxy groups -OCH3 is 3. The molecule has 1 N–H and O–H groups in total. The maximum atomic E-state index is 12.9. The number of hydrogen-bond acceptors (Lipinski definition) is 7. The molecule has 0 aliphatic carbocycles. The Balaban J connectivity index is 1.81. The maximum absolute atomic E-state index is 12.9. The van der Waals surface area contributed by atoms with Crippen LogP contribution < -0.4 is 19.5 Å². The zero-order valence-electron chi connectivity index (χ0n) is 18.2. The van der Waals surface area contributed by atoms with Gasteiger partial charge in [-0.3, -0.25) is 4.79 Å². The molecule has 1 aromatic heterocycles. The highest BCUT2D eigenvalue weighted by Gasteiger charge is 2.24. The van der Waals surface area contributed by atoms with Crippen molar-refractivity contribution in [3.8, 4) is 17.2 Å². The van der Waals surface area contributed by atoms with E-state index < -0.39 is 21.8 Å². The number of ether oxygens (including phenoxy) is 3. The lowest BCUT2D eigenvalue weighted by Gasteiger charge is -2.18. The molecule has 1 amide bonds. The lowest BCUT2D eigenvalue weighted by molar-refractivity contribution is 0.0910. The monoisotopic (exact) mass is 459 g/mol. The molecule has 9 heteroatoms. The first kappa shape index (κ1) is 23.2. The summed E-state index contributed by atoms with van der Waals surface area (Å²) in [7, 11) is 0.888. The zero-order valence-corrected chi connectivity index (χ0v) is 19.1. The standard InChI is InChI=1S/C23H25NO7S/c1-15(17-12-19(28-2)22(30-4)20(13-17)29-3)24-23(25)21-16(10-11-31-21)14-32(26,27)18-8-6-5-7-9-18/h5-13,15H,14H2,1-4H3,(H,24,25). The van der Waals surface area contributed by atoms with E-state index in [9.17, 15) is 13.2 Å². The molecule has 32 heavy (non-hydrogen) atoms. The van der Waals surface area contributed by atoms with Crippen molar-refractivity contribution in [2.75, 3.05) is 21.3 Å². The normalized spacial score (nSPS) is 12.1. The number of amides is 1. The Labute approximate surface area is 187 Å². The highest BCUT2D eigenvalue weighted by molar-refractivity contribution is 7.90. The summed E-state index contributed by atoms with van der Waals surface area (Å²) in [6.07, 6.45) is 1.30. The van der Waals surface area contributed by atoms with E-state index in [2.05, 4.69) is 5.32 Å². The first-order valence-corrected chi connectivity index (χ1v) is 11.4. The molecular formula is C23H25NO7S. The minimum absolute atomic E-state index is 0.0520. The molecular weight excluding hydrogens is 434 g/mol. The second-order valence-corrected chi connectivity index (χ2v) is 8.99. The molecule has 0 radical (unpaired) electrons. The van der Waals surface area contributed by atoms with Crippen LogP contribution in [0.2, 0.25) is 0 Å². The van der Waals surface area contributed by atoms with Crippen molar-refractivity contribution in [2.24, 2.45) is 0 Å². The average Bonchev–Trinajstić information content (AvgIpc) is 3.26. The van der Waals surface area contributed by atoms with Gasteiger partial charge in [-0.15, -0.1) is 0 Å². The number of nitrogens with one attached hydrogen (secondary N) is 1. The summed E-state index contributed by atoms with van der Waals surface area (Å²) in [6.45, 7) is 1.78. The van der Waals surface area contributed by atoms with Crippen molar-refractivity contribution in [3.05, 3.63) is 71.7 Å². The Morgan fingerprint density at radius 2 is 1.62 bits per heavy atom. The fraction of sp³-hybridized carbons (Fsp3) is 0.261. The molecule has 0 aliphatic heterocycles. The summed E-state index contributed by atoms with van der Waals surface area (Å²) in [5, 5.41) is 2.83. The number of rotatable bonds is 9. The summed E-state index contributed by atoms with van der Waals surface area (Å²) in [6, 6.07) is 12.6. The molecule has 0 saturated heterocycles. The molecule has 170 valence electrons. The predicted molar refractivity (Wildman–Crippen MR) is 118 cm³/mol. The predicted octanol–water partition coefficient (Wildman–Crippen LogP) is 3.77. The van der Waals surface area contributed by atoms with Gasteiger partial charge in [-0.1, -0.05) is 18.2 Å². The van der Waals surface area contributed by atoms with Crippen LogP contribution in [0.5, 0.6) is 17.2 Å². The van der Waals surface area contributed by atoms with E-state index >= 15 is 0 Å². The zero-order chi connectivity index (χ0) is 23.3. The van der Waals surface area contributed by atoms with E-state index in [4.69, 9.17) is 18.6 Å². The van der Waals surface area contributed by atoms with Gasteiger partial charge in [0.15, 0.2) is 27.1 Å². The molecule has 0 saturated carbocycles. The summed E-state index contributed by atoms with van der Waals surface area (Å²) >= 11 is 0. The highest BCUT2D eigenvalue weighted by atomic mass is 32.2. The van der Waals surface area contributed by atoms with Gasteiger partial charge in [0.25, 0.3) is 5.91 Å². The summed E-state index contributed by atoms with van der Waals surface area (Å²) in [5.74, 6) is 0.413. The van der Waals surface area contributed by atoms with Gasteiger partial charge in [-0.05, 0) is 42.8 Å². The third-order valence-corrected chi connectivity index (χ3v) is 6.62. The molecule has 0 bridgehead atoms. The number of benzene rings is 2. The van der Waals surface area contributed by atoms with Crippen LogP contribution >= 0.6 is 0 Å². The fourth-order valence-electron chi connectivity index (χ4n) is 3.26. The van der Waals surface area contributed by atoms with Crippen LogP contribution in [0.4, 0.5) is 0 Å². The molecule has 2 aromatic carbocycles. The summed E-state index contributed by atoms with van der Waals surface area (Å²) in [4.78, 5) is 13.1. The molecule has 1 heterocycles. The topological polar surface area (TPSA) is 104 Å². The minimum atomic E-state index is -3.63. The number of furan rings is 1. The minimum Gasteiger partial charge on any atom is -0.493 e. The highest BCUT2D eigenvalue weighted by Crippen LogP contribution is 2.39. The van der Waals surface area contributed by atoms with E-state index in [1.165, 1.54) is 45.8 Å². The smallest absolute Gasteiger partial charge is 0.287 e. The van der Waals surface area contributed by atoms with Crippen molar-refractivity contribution < 1.29 is 31.8 Å². The Kier molecular flexibility index (Phi) is 7.09. The van der Waals surface area contributed by atoms with Gasteiger partial charge in [0, 0.05) is 5.56 Å². The van der Waals surface area contributed by atoms with E-state index in [-0.39, 0.29) is 22.0 Å².